The molecule has 5 rings (SSSR count). The molecule has 0 radical (unpaired) electrons. The van der Waals surface area contributed by atoms with Crippen molar-refractivity contribution in [2.24, 2.45) is 5.92 Å². The summed E-state index contributed by atoms with van der Waals surface area (Å²) >= 11 is 6.74. The van der Waals surface area contributed by atoms with Crippen molar-refractivity contribution in [1.29, 1.82) is 0 Å². The van der Waals surface area contributed by atoms with E-state index in [0.29, 0.717) is 5.92 Å². The summed E-state index contributed by atoms with van der Waals surface area (Å²) in [5.41, 5.74) is 4.43. The Morgan fingerprint density at radius 2 is 1.55 bits per heavy atom. The molecule has 1 nitrogen and oxygen atoms in total. The molecule has 3 aliphatic rings. The Kier molecular flexibility index (Phi) is 5.97. The summed E-state index contributed by atoms with van der Waals surface area (Å²) in [6, 6.07) is 18.1. The lowest BCUT2D eigenvalue weighted by Gasteiger charge is -2.32. The predicted octanol–water partition coefficient (Wildman–Crippen LogP) is 7.37. The van der Waals surface area contributed by atoms with Gasteiger partial charge in [-0.1, -0.05) is 73.3 Å². The second-order valence-corrected chi connectivity index (χ2v) is 10.1. The molecule has 0 bridgehead atoms. The van der Waals surface area contributed by atoms with E-state index >= 15 is 0 Å². The monoisotopic (exact) mass is 407 g/mol. The summed E-state index contributed by atoms with van der Waals surface area (Å²) in [5, 5.41) is 1.03. The van der Waals surface area contributed by atoms with Crippen LogP contribution < -0.4 is 0 Å². The minimum absolute atomic E-state index is 0.700. The zero-order chi connectivity index (χ0) is 19.6. The first-order valence-electron chi connectivity index (χ1n) is 11.8. The predicted molar refractivity (Wildman–Crippen MR) is 123 cm³/mol. The highest BCUT2D eigenvalue weighted by atomic mass is 35.5. The van der Waals surface area contributed by atoms with Crippen molar-refractivity contribution in [3.63, 3.8) is 0 Å². The Bertz CT molecular complexity index is 803. The normalized spacial score (nSPS) is 26.5. The molecule has 2 aliphatic carbocycles. The average molecular weight is 408 g/mol. The topological polar surface area (TPSA) is 3.24 Å². The third kappa shape index (κ3) is 4.57. The minimum atomic E-state index is 0.700. The van der Waals surface area contributed by atoms with Gasteiger partial charge in [-0.2, -0.15) is 0 Å². The third-order valence-electron chi connectivity index (χ3n) is 7.77. The highest BCUT2D eigenvalue weighted by Gasteiger charge is 2.40. The Hall–Kier alpha value is -1.31. The number of hydrogen-bond acceptors (Lipinski definition) is 1. The van der Waals surface area contributed by atoms with Crippen LogP contribution in [0.1, 0.15) is 85.8 Å². The minimum Gasteiger partial charge on any atom is -0.303 e. The molecule has 154 valence electrons. The summed E-state index contributed by atoms with van der Waals surface area (Å²) in [6.45, 7) is 3.78. The number of piperidine rings is 1. The zero-order valence-corrected chi connectivity index (χ0v) is 18.3. The van der Waals surface area contributed by atoms with Crippen LogP contribution in [0, 0.1) is 5.92 Å². The SMILES string of the molecule is Clc1cc(C2CC2CN2CCC(c3ccccc3)CC2)ccc1C1CCCCC1. The second-order valence-electron chi connectivity index (χ2n) is 9.70. The Morgan fingerprint density at radius 1 is 0.793 bits per heavy atom. The number of rotatable bonds is 5. The van der Waals surface area contributed by atoms with E-state index in [2.05, 4.69) is 53.4 Å². The molecule has 0 spiro atoms. The maximum Gasteiger partial charge on any atom is 0.0443 e. The molecule has 1 heterocycles. The Balaban J connectivity index is 1.13. The van der Waals surface area contributed by atoms with E-state index in [1.807, 2.05) is 0 Å². The first-order valence-corrected chi connectivity index (χ1v) is 12.2. The highest BCUT2D eigenvalue weighted by Crippen LogP contribution is 2.49. The summed E-state index contributed by atoms with van der Waals surface area (Å²) in [7, 11) is 0. The Morgan fingerprint density at radius 3 is 2.28 bits per heavy atom. The van der Waals surface area contributed by atoms with Gasteiger partial charge in [0.2, 0.25) is 0 Å². The van der Waals surface area contributed by atoms with Gasteiger partial charge in [-0.3, -0.25) is 0 Å². The molecule has 2 unspecified atom stereocenters. The van der Waals surface area contributed by atoms with Crippen molar-refractivity contribution in [2.45, 2.75) is 69.1 Å². The largest absolute Gasteiger partial charge is 0.303 e. The van der Waals surface area contributed by atoms with E-state index in [4.69, 9.17) is 11.6 Å². The van der Waals surface area contributed by atoms with Crippen LogP contribution >= 0.6 is 11.6 Å². The van der Waals surface area contributed by atoms with Crippen LogP contribution in [0.25, 0.3) is 0 Å². The molecule has 2 saturated carbocycles. The lowest BCUT2D eigenvalue weighted by Crippen LogP contribution is -2.34. The smallest absolute Gasteiger partial charge is 0.0443 e. The lowest BCUT2D eigenvalue weighted by molar-refractivity contribution is 0.203. The van der Waals surface area contributed by atoms with E-state index in [-0.39, 0.29) is 0 Å². The van der Waals surface area contributed by atoms with Crippen LogP contribution in [0.2, 0.25) is 5.02 Å². The van der Waals surface area contributed by atoms with Gasteiger partial charge in [0.25, 0.3) is 0 Å². The molecular weight excluding hydrogens is 374 g/mol. The van der Waals surface area contributed by atoms with Gasteiger partial charge < -0.3 is 4.90 Å². The van der Waals surface area contributed by atoms with Crippen molar-refractivity contribution in [1.82, 2.24) is 4.90 Å². The summed E-state index contributed by atoms with van der Waals surface area (Å²) in [4.78, 5) is 2.71. The molecule has 3 fully saturated rings. The molecular formula is C27H34ClN. The molecule has 2 aromatic rings. The van der Waals surface area contributed by atoms with Crippen LogP contribution in [0.15, 0.2) is 48.5 Å². The van der Waals surface area contributed by atoms with E-state index < -0.39 is 0 Å². The van der Waals surface area contributed by atoms with Gasteiger partial charge in [0.15, 0.2) is 0 Å². The van der Waals surface area contributed by atoms with Gasteiger partial charge in [-0.15, -0.1) is 0 Å². The number of nitrogens with zero attached hydrogens (tertiary/aromatic N) is 1. The van der Waals surface area contributed by atoms with Gasteiger partial charge in [0.05, 0.1) is 0 Å². The average Bonchev–Trinajstić information content (AvgIpc) is 3.54. The molecule has 2 heteroatoms. The standard InChI is InChI=1S/C27H34ClN/c28-27-18-23(11-12-25(27)22-9-5-2-6-10-22)26-17-24(26)19-29-15-13-21(14-16-29)20-7-3-1-4-8-20/h1,3-4,7-8,11-12,18,21-22,24,26H,2,5-6,9-10,13-17,19H2. The number of halogens is 1. The maximum absolute atomic E-state index is 6.74. The van der Waals surface area contributed by atoms with E-state index in [0.717, 1.165) is 22.8 Å². The summed E-state index contributed by atoms with van der Waals surface area (Å²) < 4.78 is 0. The van der Waals surface area contributed by atoms with Crippen LogP contribution in [-0.2, 0) is 0 Å². The summed E-state index contributed by atoms with van der Waals surface area (Å²) in [6.07, 6.45) is 10.7. The van der Waals surface area contributed by atoms with Crippen molar-refractivity contribution in [3.05, 3.63) is 70.2 Å². The highest BCUT2D eigenvalue weighted by molar-refractivity contribution is 6.31. The number of likely N-dealkylation sites (tertiary alicyclic amines) is 1. The third-order valence-corrected chi connectivity index (χ3v) is 8.10. The van der Waals surface area contributed by atoms with Crippen LogP contribution in [0.4, 0.5) is 0 Å². The van der Waals surface area contributed by atoms with Gasteiger partial charge >= 0.3 is 0 Å². The Labute approximate surface area is 181 Å². The van der Waals surface area contributed by atoms with Gasteiger partial charge in [0, 0.05) is 11.6 Å². The molecule has 1 aliphatic heterocycles. The van der Waals surface area contributed by atoms with E-state index in [1.54, 1.807) is 0 Å². The molecule has 0 aromatic heterocycles. The van der Waals surface area contributed by atoms with Crippen molar-refractivity contribution in [2.75, 3.05) is 19.6 Å². The van der Waals surface area contributed by atoms with Crippen molar-refractivity contribution >= 4 is 11.6 Å². The molecule has 2 aromatic carbocycles. The second kappa shape index (κ2) is 8.82. The number of hydrogen-bond donors (Lipinski definition) is 0. The van der Waals surface area contributed by atoms with Gasteiger partial charge in [-0.05, 0) is 91.6 Å². The molecule has 0 amide bonds. The van der Waals surface area contributed by atoms with E-state index in [1.165, 1.54) is 87.7 Å². The van der Waals surface area contributed by atoms with Crippen LogP contribution in [0.3, 0.4) is 0 Å². The lowest BCUT2D eigenvalue weighted by atomic mass is 9.83. The molecule has 0 N–H and O–H groups in total. The summed E-state index contributed by atoms with van der Waals surface area (Å²) in [5.74, 6) is 3.03. The van der Waals surface area contributed by atoms with Crippen molar-refractivity contribution < 1.29 is 0 Å². The first-order chi connectivity index (χ1) is 14.3. The van der Waals surface area contributed by atoms with Crippen molar-refractivity contribution in [3.8, 4) is 0 Å². The molecule has 29 heavy (non-hydrogen) atoms. The number of benzene rings is 2. The van der Waals surface area contributed by atoms with Gasteiger partial charge in [-0.25, -0.2) is 0 Å². The quantitative estimate of drug-likeness (QED) is 0.500. The molecule has 2 atom stereocenters. The van der Waals surface area contributed by atoms with Crippen LogP contribution in [0.5, 0.6) is 0 Å². The fraction of sp³-hybridized carbons (Fsp3) is 0.556. The zero-order valence-electron chi connectivity index (χ0n) is 17.5. The van der Waals surface area contributed by atoms with Gasteiger partial charge in [0.1, 0.15) is 0 Å². The maximum atomic E-state index is 6.74. The van der Waals surface area contributed by atoms with Crippen LogP contribution in [-0.4, -0.2) is 24.5 Å². The first kappa shape index (κ1) is 19.6. The molecule has 1 saturated heterocycles. The fourth-order valence-electron chi connectivity index (χ4n) is 5.88. The van der Waals surface area contributed by atoms with E-state index in [9.17, 15) is 0 Å². The fourth-order valence-corrected chi connectivity index (χ4v) is 6.23.